The Hall–Kier alpha value is -3.22. The average Bonchev–Trinajstić information content (AvgIpc) is 3.63. The maximum Gasteiger partial charge on any atom is 0.250 e. The first kappa shape index (κ1) is 25.5. The van der Waals surface area contributed by atoms with Crippen LogP contribution >= 0.6 is 0 Å². The molecule has 9 bridgehead atoms. The zero-order valence-corrected chi connectivity index (χ0v) is 23.7. The van der Waals surface area contributed by atoms with E-state index in [9.17, 15) is 8.42 Å². The third kappa shape index (κ3) is 4.85. The fraction of sp³-hybridized carbons (Fsp3) is 0.552. The number of nitrogens with one attached hydrogen (secondary N) is 1. The molecule has 3 aromatic rings. The first-order valence-electron chi connectivity index (χ1n) is 14.7. The Morgan fingerprint density at radius 1 is 0.976 bits per heavy atom. The molecular weight excluding hydrogens is 544 g/mol. The molecule has 4 fully saturated rings. The highest BCUT2D eigenvalue weighted by Crippen LogP contribution is 2.42. The Morgan fingerprint density at radius 3 is 2.68 bits per heavy atom. The van der Waals surface area contributed by atoms with E-state index in [1.165, 1.54) is 0 Å². The van der Waals surface area contributed by atoms with Gasteiger partial charge >= 0.3 is 0 Å². The number of piperidine rings is 2. The Bertz CT molecular complexity index is 1570. The van der Waals surface area contributed by atoms with Crippen molar-refractivity contribution < 1.29 is 23.7 Å². The quantitative estimate of drug-likeness (QED) is 0.485. The molecule has 2 atom stereocenters. The van der Waals surface area contributed by atoms with Crippen molar-refractivity contribution in [1.29, 1.82) is 0 Å². The van der Waals surface area contributed by atoms with Crippen molar-refractivity contribution in [3.8, 4) is 22.9 Å². The maximum atomic E-state index is 12.7. The van der Waals surface area contributed by atoms with Gasteiger partial charge in [-0.15, -0.1) is 10.2 Å². The Kier molecular flexibility index (Phi) is 6.01. The molecule has 0 radical (unpaired) electrons. The highest BCUT2D eigenvalue weighted by atomic mass is 32.2. The van der Waals surface area contributed by atoms with Gasteiger partial charge in [0.05, 0.1) is 46.6 Å². The molecule has 0 unspecified atom stereocenters. The van der Waals surface area contributed by atoms with E-state index in [1.807, 2.05) is 24.3 Å². The van der Waals surface area contributed by atoms with Gasteiger partial charge in [-0.05, 0) is 68.9 Å². The second-order valence-corrected chi connectivity index (χ2v) is 14.0. The van der Waals surface area contributed by atoms with Crippen molar-refractivity contribution in [2.75, 3.05) is 47.3 Å². The van der Waals surface area contributed by atoms with E-state index in [0.29, 0.717) is 36.9 Å². The standard InChI is InChI=1S/C29H34N6O5S.H2/c36-41(37,23-4-5-23)33-20-3-6-24-25(15-20)34-12-8-29(9-13-34)16-22(18-38-29)39-21-2-1-11-35(17-21)26-14-19(7-10-30-26)27-31-32-28(24)40-27;/h3,6-7,10,14-15,21-23,33H,1-2,4-5,8-9,11-13,16-18H2;1H/t21-,22-;/m1./s1. The summed E-state index contributed by atoms with van der Waals surface area (Å²) in [6, 6.07) is 9.43. The number of rotatable bonds is 3. The summed E-state index contributed by atoms with van der Waals surface area (Å²) in [5.41, 5.74) is 2.80. The molecule has 1 N–H and O–H groups in total. The van der Waals surface area contributed by atoms with E-state index < -0.39 is 10.0 Å². The molecule has 0 amide bonds. The molecule has 218 valence electrons. The Morgan fingerprint density at radius 2 is 1.83 bits per heavy atom. The third-order valence-corrected chi connectivity index (χ3v) is 11.0. The minimum absolute atomic E-state index is 0. The van der Waals surface area contributed by atoms with Crippen LogP contribution in [0.3, 0.4) is 0 Å². The lowest BCUT2D eigenvalue weighted by Gasteiger charge is -2.40. The lowest BCUT2D eigenvalue weighted by Crippen LogP contribution is -2.45. The number of anilines is 3. The molecule has 7 heterocycles. The van der Waals surface area contributed by atoms with Crippen molar-refractivity contribution in [3.05, 3.63) is 36.5 Å². The number of hydrogen-bond donors (Lipinski definition) is 1. The zero-order chi connectivity index (χ0) is 27.6. The Labute approximate surface area is 240 Å². The smallest absolute Gasteiger partial charge is 0.250 e. The summed E-state index contributed by atoms with van der Waals surface area (Å²) >= 11 is 0. The van der Waals surface area contributed by atoms with Crippen LogP contribution in [-0.4, -0.2) is 79.4 Å². The monoisotopic (exact) mass is 580 g/mol. The second kappa shape index (κ2) is 9.67. The zero-order valence-electron chi connectivity index (χ0n) is 22.9. The van der Waals surface area contributed by atoms with Gasteiger partial charge in [0.15, 0.2) is 0 Å². The Balaban J connectivity index is 0.00000288. The lowest BCUT2D eigenvalue weighted by molar-refractivity contribution is -0.0328. The van der Waals surface area contributed by atoms with Gasteiger partial charge in [0.1, 0.15) is 5.82 Å². The van der Waals surface area contributed by atoms with Crippen LogP contribution in [0, 0.1) is 0 Å². The molecule has 41 heavy (non-hydrogen) atoms. The van der Waals surface area contributed by atoms with Gasteiger partial charge in [0.25, 0.3) is 0 Å². The molecule has 1 spiro atoms. The molecule has 1 aliphatic carbocycles. The van der Waals surface area contributed by atoms with Crippen molar-refractivity contribution in [2.45, 2.75) is 68.0 Å². The molecule has 2 aromatic heterocycles. The number of benzene rings is 1. The third-order valence-electron chi connectivity index (χ3n) is 9.15. The molecule has 3 saturated heterocycles. The molecule has 9 rings (SSSR count). The predicted octanol–water partition coefficient (Wildman–Crippen LogP) is 4.08. The summed E-state index contributed by atoms with van der Waals surface area (Å²) in [6.45, 7) is 3.88. The lowest BCUT2D eigenvalue weighted by atomic mass is 9.87. The van der Waals surface area contributed by atoms with Crippen molar-refractivity contribution in [1.82, 2.24) is 15.2 Å². The van der Waals surface area contributed by atoms with Crippen LogP contribution in [-0.2, 0) is 19.5 Å². The van der Waals surface area contributed by atoms with Gasteiger partial charge in [-0.2, -0.15) is 0 Å². The van der Waals surface area contributed by atoms with Crippen molar-refractivity contribution in [3.63, 3.8) is 0 Å². The van der Waals surface area contributed by atoms with Crippen molar-refractivity contribution >= 4 is 27.2 Å². The molecule has 5 aliphatic heterocycles. The topological polar surface area (TPSA) is 123 Å². The van der Waals surface area contributed by atoms with Crippen LogP contribution < -0.4 is 14.5 Å². The van der Waals surface area contributed by atoms with Gasteiger partial charge in [0.2, 0.25) is 21.8 Å². The number of ether oxygens (including phenoxy) is 2. The molecular formula is C29H36N6O5S. The van der Waals surface area contributed by atoms with Gasteiger partial charge in [-0.1, -0.05) is 0 Å². The number of aromatic nitrogens is 3. The number of nitrogens with zero attached hydrogens (tertiary/aromatic N) is 5. The van der Waals surface area contributed by atoms with Crippen LogP contribution in [0.5, 0.6) is 0 Å². The summed E-state index contributed by atoms with van der Waals surface area (Å²) < 4.78 is 47.6. The number of fused-ring (bicyclic) bond motifs is 2. The fourth-order valence-corrected chi connectivity index (χ4v) is 8.14. The summed E-state index contributed by atoms with van der Waals surface area (Å²) in [7, 11) is -3.40. The van der Waals surface area contributed by atoms with E-state index >= 15 is 0 Å². The number of sulfonamides is 1. The highest BCUT2D eigenvalue weighted by Gasteiger charge is 2.44. The van der Waals surface area contributed by atoms with Crippen LogP contribution in [0.4, 0.5) is 17.2 Å². The van der Waals surface area contributed by atoms with Gasteiger partial charge in [-0.3, -0.25) is 4.72 Å². The van der Waals surface area contributed by atoms with Crippen LogP contribution in [0.25, 0.3) is 22.9 Å². The van der Waals surface area contributed by atoms with E-state index in [1.54, 1.807) is 12.3 Å². The normalized spacial score (nSPS) is 27.7. The number of hydrogen-bond acceptors (Lipinski definition) is 10. The molecule has 6 aliphatic rings. The molecule has 11 nitrogen and oxygen atoms in total. The van der Waals surface area contributed by atoms with Crippen molar-refractivity contribution in [2.24, 2.45) is 0 Å². The second-order valence-electron chi connectivity index (χ2n) is 12.0. The maximum absolute atomic E-state index is 12.7. The summed E-state index contributed by atoms with van der Waals surface area (Å²) in [6.07, 6.45) is 8.13. The highest BCUT2D eigenvalue weighted by molar-refractivity contribution is 7.93. The van der Waals surface area contributed by atoms with Gasteiger partial charge < -0.3 is 23.7 Å². The van der Waals surface area contributed by atoms with Gasteiger partial charge in [0, 0.05) is 45.8 Å². The first-order chi connectivity index (χ1) is 19.9. The molecule has 12 heteroatoms. The minimum Gasteiger partial charge on any atom is -0.416 e. The van der Waals surface area contributed by atoms with E-state index in [4.69, 9.17) is 13.9 Å². The summed E-state index contributed by atoms with van der Waals surface area (Å²) in [5.74, 6) is 1.69. The minimum atomic E-state index is -3.40. The first-order valence-corrected chi connectivity index (χ1v) is 16.2. The average molecular weight is 581 g/mol. The van der Waals surface area contributed by atoms with E-state index in [0.717, 1.165) is 80.9 Å². The largest absolute Gasteiger partial charge is 0.416 e. The summed E-state index contributed by atoms with van der Waals surface area (Å²) in [4.78, 5) is 9.21. The van der Waals surface area contributed by atoms with E-state index in [2.05, 4.69) is 29.7 Å². The van der Waals surface area contributed by atoms with Crippen LogP contribution in [0.1, 0.15) is 46.4 Å². The molecule has 1 saturated carbocycles. The van der Waals surface area contributed by atoms with Crippen LogP contribution in [0.15, 0.2) is 40.9 Å². The van der Waals surface area contributed by atoms with Gasteiger partial charge in [-0.25, -0.2) is 13.4 Å². The SMILES string of the molecule is O=S(=O)(Nc1ccc2c(c1)N1CCC3(CC1)C[C@H](CO3)O[C@@H]1CCCN(C1)c1cc(ccn1)-c1nnc-2o1)C1CC1.[HH]. The fourth-order valence-electron chi connectivity index (χ4n) is 6.76. The molecule has 1 aromatic carbocycles. The van der Waals surface area contributed by atoms with Crippen LogP contribution in [0.2, 0.25) is 0 Å². The number of pyridine rings is 1. The summed E-state index contributed by atoms with van der Waals surface area (Å²) in [5, 5.41) is 8.52. The predicted molar refractivity (Wildman–Crippen MR) is 155 cm³/mol. The van der Waals surface area contributed by atoms with E-state index in [-0.39, 0.29) is 24.5 Å².